The van der Waals surface area contributed by atoms with Gasteiger partial charge in [-0.3, -0.25) is 9.10 Å². The predicted molar refractivity (Wildman–Crippen MR) is 112 cm³/mol. The number of halogens is 1. The number of benzene rings is 2. The van der Waals surface area contributed by atoms with E-state index in [1.807, 2.05) is 13.8 Å². The molecule has 1 heterocycles. The maximum Gasteiger partial charge on any atom is 0.249 e. The molecule has 1 atom stereocenters. The molecule has 8 heteroatoms. The average molecular weight is 423 g/mol. The Hall–Kier alpha value is -2.25. The van der Waals surface area contributed by atoms with Gasteiger partial charge in [0.15, 0.2) is 4.75 Å². The molecule has 0 aliphatic carbocycles. The average Bonchev–Trinajstić information content (AvgIpc) is 2.88. The molecule has 1 aliphatic heterocycles. The molecule has 1 aliphatic rings. The normalized spacial score (nSPS) is 21.0. The summed E-state index contributed by atoms with van der Waals surface area (Å²) in [5.74, 6) is 0.128. The van der Waals surface area contributed by atoms with Crippen molar-refractivity contribution in [3.8, 4) is 5.75 Å². The zero-order valence-corrected chi connectivity index (χ0v) is 17.5. The van der Waals surface area contributed by atoms with Gasteiger partial charge in [0.1, 0.15) is 5.75 Å². The van der Waals surface area contributed by atoms with E-state index >= 15 is 0 Å². The Bertz CT molecular complexity index is 959. The second-order valence-corrected chi connectivity index (χ2v) is 9.91. The van der Waals surface area contributed by atoms with Crippen molar-refractivity contribution in [1.82, 2.24) is 0 Å². The lowest BCUT2D eigenvalue weighted by molar-refractivity contribution is -0.118. The summed E-state index contributed by atoms with van der Waals surface area (Å²) in [4.78, 5) is 12.9. The van der Waals surface area contributed by atoms with Gasteiger partial charge >= 0.3 is 0 Å². The predicted octanol–water partition coefficient (Wildman–Crippen LogP) is 4.06. The van der Waals surface area contributed by atoms with Crippen molar-refractivity contribution in [2.75, 3.05) is 16.2 Å². The fourth-order valence-corrected chi connectivity index (χ4v) is 5.04. The molecule has 1 N–H and O–H groups in total. The number of hydrogen-bond donors (Lipinski definition) is 1. The Morgan fingerprint density at radius 2 is 1.75 bits per heavy atom. The summed E-state index contributed by atoms with van der Waals surface area (Å²) in [7, 11) is -3.88. The van der Waals surface area contributed by atoms with E-state index in [1.54, 1.807) is 48.5 Å². The summed E-state index contributed by atoms with van der Waals surface area (Å²) in [5, 5.41) is 3.24. The van der Waals surface area contributed by atoms with Gasteiger partial charge in [-0.1, -0.05) is 11.6 Å². The van der Waals surface area contributed by atoms with E-state index in [1.165, 1.54) is 11.2 Å². The Kier molecular flexibility index (Phi) is 5.59. The molecule has 150 valence electrons. The van der Waals surface area contributed by atoms with Crippen LogP contribution in [0.2, 0.25) is 5.02 Å². The number of carbonyl (C=O) groups excluding carboxylic acids is 1. The molecule has 28 heavy (non-hydrogen) atoms. The molecule has 0 saturated carbocycles. The molecule has 0 aromatic heterocycles. The van der Waals surface area contributed by atoms with Gasteiger partial charge in [0.05, 0.1) is 11.8 Å². The van der Waals surface area contributed by atoms with Crippen LogP contribution in [0.5, 0.6) is 5.75 Å². The highest BCUT2D eigenvalue weighted by Crippen LogP contribution is 2.37. The van der Waals surface area contributed by atoms with Crippen LogP contribution in [-0.4, -0.2) is 31.7 Å². The number of anilines is 2. The van der Waals surface area contributed by atoms with Gasteiger partial charge in [-0.2, -0.15) is 0 Å². The monoisotopic (exact) mass is 422 g/mol. The van der Waals surface area contributed by atoms with Crippen LogP contribution in [0.1, 0.15) is 27.2 Å². The van der Waals surface area contributed by atoms with Crippen LogP contribution >= 0.6 is 11.6 Å². The molecule has 1 amide bonds. The fraction of sp³-hybridized carbons (Fsp3) is 0.350. The number of nitrogens with one attached hydrogen (secondary N) is 1. The van der Waals surface area contributed by atoms with E-state index < -0.39 is 20.7 Å². The van der Waals surface area contributed by atoms with Gasteiger partial charge in [0.2, 0.25) is 15.9 Å². The highest BCUT2D eigenvalue weighted by molar-refractivity contribution is 7.95. The molecule has 0 spiro atoms. The zero-order chi connectivity index (χ0) is 20.5. The Morgan fingerprint density at radius 1 is 1.14 bits per heavy atom. The zero-order valence-electron chi connectivity index (χ0n) is 16.0. The summed E-state index contributed by atoms with van der Waals surface area (Å²) in [5.41, 5.74) is 1.01. The molecule has 6 nitrogen and oxygen atoms in total. The fourth-order valence-electron chi connectivity index (χ4n) is 3.07. The van der Waals surface area contributed by atoms with Crippen LogP contribution in [0, 0.1) is 0 Å². The van der Waals surface area contributed by atoms with Gasteiger partial charge in [-0.15, -0.1) is 0 Å². The first kappa shape index (κ1) is 20.5. The van der Waals surface area contributed by atoms with E-state index in [0.717, 1.165) is 0 Å². The SMILES string of the molecule is CC(C)Oc1ccc(NC(=O)[C@]2(C)CCN(c3ccc(Cl)cc3)S2(=O)=O)cc1. The van der Waals surface area contributed by atoms with E-state index in [2.05, 4.69) is 5.32 Å². The topological polar surface area (TPSA) is 75.7 Å². The van der Waals surface area contributed by atoms with Crippen molar-refractivity contribution in [2.45, 2.75) is 38.0 Å². The van der Waals surface area contributed by atoms with E-state index in [-0.39, 0.29) is 19.1 Å². The molecular formula is C20H23ClN2O4S. The first-order valence-electron chi connectivity index (χ1n) is 8.99. The molecule has 0 radical (unpaired) electrons. The Balaban J connectivity index is 1.78. The van der Waals surface area contributed by atoms with Crippen molar-refractivity contribution >= 4 is 38.9 Å². The summed E-state index contributed by atoms with van der Waals surface area (Å²) < 4.78 is 31.5. The second-order valence-electron chi connectivity index (χ2n) is 7.18. The van der Waals surface area contributed by atoms with Crippen molar-refractivity contribution < 1.29 is 17.9 Å². The van der Waals surface area contributed by atoms with E-state index in [9.17, 15) is 13.2 Å². The number of ether oxygens (including phenoxy) is 1. The van der Waals surface area contributed by atoms with Gasteiger partial charge < -0.3 is 10.1 Å². The van der Waals surface area contributed by atoms with Gasteiger partial charge in [-0.25, -0.2) is 8.42 Å². The quantitative estimate of drug-likeness (QED) is 0.788. The number of amides is 1. The van der Waals surface area contributed by atoms with Crippen molar-refractivity contribution in [1.29, 1.82) is 0 Å². The maximum atomic E-state index is 13.1. The molecule has 3 rings (SSSR count). The van der Waals surface area contributed by atoms with Gasteiger partial charge in [0.25, 0.3) is 0 Å². The minimum absolute atomic E-state index is 0.0434. The molecular weight excluding hydrogens is 400 g/mol. The van der Waals surface area contributed by atoms with Crippen molar-refractivity contribution in [3.05, 3.63) is 53.6 Å². The maximum absolute atomic E-state index is 13.1. The van der Waals surface area contributed by atoms with Crippen LogP contribution < -0.4 is 14.4 Å². The van der Waals surface area contributed by atoms with Gasteiger partial charge in [-0.05, 0) is 75.7 Å². The van der Waals surface area contributed by atoms with Crippen LogP contribution in [0.25, 0.3) is 0 Å². The minimum Gasteiger partial charge on any atom is -0.491 e. The first-order valence-corrected chi connectivity index (χ1v) is 10.8. The number of sulfonamides is 1. The molecule has 0 bridgehead atoms. The highest BCUT2D eigenvalue weighted by Gasteiger charge is 2.54. The van der Waals surface area contributed by atoms with E-state index in [0.29, 0.717) is 22.1 Å². The third-order valence-corrected chi connectivity index (χ3v) is 7.48. The molecule has 1 fully saturated rings. The molecule has 1 saturated heterocycles. The van der Waals surface area contributed by atoms with Crippen molar-refractivity contribution in [3.63, 3.8) is 0 Å². The third-order valence-electron chi connectivity index (χ3n) is 4.73. The first-order chi connectivity index (χ1) is 13.1. The minimum atomic E-state index is -3.88. The standard InChI is InChI=1S/C20H23ClN2O4S/c1-14(2)27-18-10-6-16(7-11-18)22-19(24)20(3)12-13-23(28(20,25)26)17-8-4-15(21)5-9-17/h4-11,14H,12-13H2,1-3H3,(H,22,24)/t20-/m0/s1. The van der Waals surface area contributed by atoms with Crippen molar-refractivity contribution in [2.24, 2.45) is 0 Å². The lowest BCUT2D eigenvalue weighted by Crippen LogP contribution is -2.47. The summed E-state index contributed by atoms with van der Waals surface area (Å²) >= 11 is 5.88. The number of hydrogen-bond acceptors (Lipinski definition) is 4. The Labute approximate surface area is 170 Å². The largest absolute Gasteiger partial charge is 0.491 e. The number of nitrogens with zero attached hydrogens (tertiary/aromatic N) is 1. The number of carbonyl (C=O) groups is 1. The Morgan fingerprint density at radius 3 is 2.32 bits per heavy atom. The van der Waals surface area contributed by atoms with Crippen LogP contribution in [0.3, 0.4) is 0 Å². The molecule has 2 aromatic rings. The van der Waals surface area contributed by atoms with Crippen LogP contribution in [0.15, 0.2) is 48.5 Å². The summed E-state index contributed by atoms with van der Waals surface area (Å²) in [6, 6.07) is 13.4. The number of rotatable bonds is 5. The molecule has 0 unspecified atom stereocenters. The van der Waals surface area contributed by atoms with Crippen LogP contribution in [0.4, 0.5) is 11.4 Å². The lowest BCUT2D eigenvalue weighted by Gasteiger charge is -2.25. The summed E-state index contributed by atoms with van der Waals surface area (Å²) in [6.45, 7) is 5.54. The summed E-state index contributed by atoms with van der Waals surface area (Å²) in [6.07, 6.45) is 0.236. The lowest BCUT2D eigenvalue weighted by atomic mass is 10.1. The van der Waals surface area contributed by atoms with E-state index in [4.69, 9.17) is 16.3 Å². The second kappa shape index (κ2) is 7.64. The molecule has 2 aromatic carbocycles. The smallest absolute Gasteiger partial charge is 0.249 e. The third kappa shape index (κ3) is 3.82. The van der Waals surface area contributed by atoms with Gasteiger partial charge in [0, 0.05) is 17.3 Å². The highest BCUT2D eigenvalue weighted by atomic mass is 35.5. The van der Waals surface area contributed by atoms with Crippen LogP contribution in [-0.2, 0) is 14.8 Å².